The van der Waals surface area contributed by atoms with Crippen molar-refractivity contribution in [3.05, 3.63) is 115 Å². The van der Waals surface area contributed by atoms with Crippen LogP contribution >= 0.6 is 22.7 Å². The molecule has 0 aliphatic heterocycles. The Kier molecular flexibility index (Phi) is 5.44. The van der Waals surface area contributed by atoms with Gasteiger partial charge in [0.05, 0.1) is 15.9 Å². The van der Waals surface area contributed by atoms with Crippen molar-refractivity contribution in [1.82, 2.24) is 24.4 Å². The Labute approximate surface area is 208 Å². The maximum absolute atomic E-state index is 13.1. The molecule has 8 heteroatoms. The fourth-order valence-corrected chi connectivity index (χ4v) is 5.27. The molecule has 0 bridgehead atoms. The van der Waals surface area contributed by atoms with E-state index >= 15 is 0 Å². The van der Waals surface area contributed by atoms with Crippen molar-refractivity contribution >= 4 is 45.9 Å². The van der Waals surface area contributed by atoms with Crippen LogP contribution in [0, 0.1) is 6.92 Å². The normalized spacial score (nSPS) is 12.3. The molecular weight excluding hydrogens is 474 g/mol. The van der Waals surface area contributed by atoms with Gasteiger partial charge in [-0.05, 0) is 48.7 Å². The summed E-state index contributed by atoms with van der Waals surface area (Å²) in [6, 6.07) is 22.2. The maximum Gasteiger partial charge on any atom is 0.291 e. The van der Waals surface area contributed by atoms with E-state index < -0.39 is 0 Å². The zero-order valence-corrected chi connectivity index (χ0v) is 20.3. The molecule has 6 rings (SSSR count). The van der Waals surface area contributed by atoms with E-state index in [1.807, 2.05) is 77.0 Å². The molecule has 2 aromatic carbocycles. The molecule has 0 spiro atoms. The predicted molar refractivity (Wildman–Crippen MR) is 143 cm³/mol. The van der Waals surface area contributed by atoms with Crippen LogP contribution in [0.15, 0.2) is 83.1 Å². The number of rotatable bonds is 5. The van der Waals surface area contributed by atoms with Crippen LogP contribution in [0.1, 0.15) is 21.8 Å². The lowest BCUT2D eigenvalue weighted by molar-refractivity contribution is 0.884. The number of aryl methyl sites for hydroxylation is 1. The van der Waals surface area contributed by atoms with Gasteiger partial charge in [0, 0.05) is 22.2 Å². The van der Waals surface area contributed by atoms with Gasteiger partial charge >= 0.3 is 0 Å². The fourth-order valence-electron chi connectivity index (χ4n) is 3.75. The highest BCUT2D eigenvalue weighted by Crippen LogP contribution is 2.25. The summed E-state index contributed by atoms with van der Waals surface area (Å²) in [6.07, 6.45) is 7.61. The van der Waals surface area contributed by atoms with Crippen LogP contribution in [0.5, 0.6) is 0 Å². The maximum atomic E-state index is 13.1. The molecule has 0 saturated heterocycles. The standard InChI is InChI=1S/C27H19N5OS2/c1-18-9-11-19(12-10-18)25-20(17-31(30-25)21-6-3-2-4-7-21)16-23-26(33)32-27(35-23)28-24(29-32)14-13-22-8-5-15-34-22/h2-17H,1H3/b14-13+,23-16-. The Hall–Kier alpha value is -4.14. The summed E-state index contributed by atoms with van der Waals surface area (Å²) in [7, 11) is 0. The second-order valence-corrected chi connectivity index (χ2v) is 10.00. The van der Waals surface area contributed by atoms with Crippen molar-refractivity contribution in [1.29, 1.82) is 0 Å². The summed E-state index contributed by atoms with van der Waals surface area (Å²) in [5.41, 5.74) is 4.61. The summed E-state index contributed by atoms with van der Waals surface area (Å²) in [5, 5.41) is 11.3. The lowest BCUT2D eigenvalue weighted by atomic mass is 10.1. The molecule has 0 fully saturated rings. The highest BCUT2D eigenvalue weighted by molar-refractivity contribution is 7.15. The van der Waals surface area contributed by atoms with Gasteiger partial charge in [-0.25, -0.2) is 4.68 Å². The first kappa shape index (κ1) is 21.4. The summed E-state index contributed by atoms with van der Waals surface area (Å²) in [4.78, 5) is 19.3. The third-order valence-electron chi connectivity index (χ3n) is 5.51. The summed E-state index contributed by atoms with van der Waals surface area (Å²) in [5.74, 6) is 0.519. The topological polar surface area (TPSA) is 65.1 Å². The number of fused-ring (bicyclic) bond motifs is 1. The van der Waals surface area contributed by atoms with Crippen molar-refractivity contribution in [2.24, 2.45) is 0 Å². The second kappa shape index (κ2) is 8.90. The largest absolute Gasteiger partial charge is 0.291 e. The SMILES string of the molecule is Cc1ccc(-c2nn(-c3ccccc3)cc2/C=c2\sc3nc(/C=C/c4cccs4)nn3c2=O)cc1. The minimum atomic E-state index is -0.185. The summed E-state index contributed by atoms with van der Waals surface area (Å²) in [6.45, 7) is 2.06. The Balaban J connectivity index is 1.44. The number of benzene rings is 2. The van der Waals surface area contributed by atoms with Crippen molar-refractivity contribution in [2.45, 2.75) is 6.92 Å². The zero-order valence-electron chi connectivity index (χ0n) is 18.7. The van der Waals surface area contributed by atoms with Gasteiger partial charge < -0.3 is 0 Å². The average molecular weight is 494 g/mol. The van der Waals surface area contributed by atoms with E-state index in [1.165, 1.54) is 21.4 Å². The van der Waals surface area contributed by atoms with Gasteiger partial charge in [-0.15, -0.1) is 16.4 Å². The molecule has 0 atom stereocenters. The first-order valence-electron chi connectivity index (χ1n) is 11.0. The smallest absolute Gasteiger partial charge is 0.266 e. The first-order chi connectivity index (χ1) is 17.1. The van der Waals surface area contributed by atoms with Crippen LogP contribution in [-0.4, -0.2) is 24.4 Å². The number of hydrogen-bond donors (Lipinski definition) is 0. The molecule has 0 aliphatic carbocycles. The second-order valence-electron chi connectivity index (χ2n) is 8.01. The molecule has 6 aromatic rings. The first-order valence-corrected chi connectivity index (χ1v) is 12.7. The van der Waals surface area contributed by atoms with E-state index in [2.05, 4.69) is 41.3 Å². The molecule has 0 saturated carbocycles. The number of thiophene rings is 1. The fraction of sp³-hybridized carbons (Fsp3) is 0.0370. The van der Waals surface area contributed by atoms with Gasteiger partial charge in [-0.2, -0.15) is 14.6 Å². The molecule has 0 unspecified atom stereocenters. The van der Waals surface area contributed by atoms with E-state index in [0.29, 0.717) is 15.3 Å². The minimum Gasteiger partial charge on any atom is -0.266 e. The van der Waals surface area contributed by atoms with Gasteiger partial charge in [0.15, 0.2) is 5.82 Å². The average Bonchev–Trinajstić information content (AvgIpc) is 3.66. The lowest BCUT2D eigenvalue weighted by Crippen LogP contribution is -2.23. The van der Waals surface area contributed by atoms with Gasteiger partial charge in [0.2, 0.25) is 4.96 Å². The molecule has 35 heavy (non-hydrogen) atoms. The molecule has 0 N–H and O–H groups in total. The summed E-state index contributed by atoms with van der Waals surface area (Å²) >= 11 is 2.96. The van der Waals surface area contributed by atoms with Gasteiger partial charge in [-0.3, -0.25) is 4.79 Å². The van der Waals surface area contributed by atoms with Gasteiger partial charge in [-0.1, -0.05) is 65.4 Å². The number of thiazole rings is 1. The van der Waals surface area contributed by atoms with Crippen molar-refractivity contribution < 1.29 is 0 Å². The van der Waals surface area contributed by atoms with E-state index in [-0.39, 0.29) is 5.56 Å². The van der Waals surface area contributed by atoms with Crippen LogP contribution < -0.4 is 10.1 Å². The molecule has 6 nitrogen and oxygen atoms in total. The Morgan fingerprint density at radius 2 is 1.74 bits per heavy atom. The summed E-state index contributed by atoms with van der Waals surface area (Å²) < 4.78 is 3.78. The predicted octanol–water partition coefficient (Wildman–Crippen LogP) is 5.09. The molecule has 0 radical (unpaired) electrons. The number of nitrogens with zero attached hydrogens (tertiary/aromatic N) is 5. The van der Waals surface area contributed by atoms with E-state index in [0.717, 1.165) is 27.4 Å². The molecule has 170 valence electrons. The third-order valence-corrected chi connectivity index (χ3v) is 7.31. The van der Waals surface area contributed by atoms with Crippen molar-refractivity contribution in [3.63, 3.8) is 0 Å². The third kappa shape index (κ3) is 4.25. The van der Waals surface area contributed by atoms with Crippen molar-refractivity contribution in [3.8, 4) is 16.9 Å². The van der Waals surface area contributed by atoms with Crippen LogP contribution in [0.2, 0.25) is 0 Å². The van der Waals surface area contributed by atoms with Gasteiger partial charge in [0.25, 0.3) is 5.56 Å². The van der Waals surface area contributed by atoms with Crippen LogP contribution in [0.25, 0.3) is 40.1 Å². The van der Waals surface area contributed by atoms with E-state index in [9.17, 15) is 4.79 Å². The van der Waals surface area contributed by atoms with Crippen LogP contribution in [0.4, 0.5) is 0 Å². The Morgan fingerprint density at radius 1 is 0.914 bits per heavy atom. The molecule has 0 amide bonds. The lowest BCUT2D eigenvalue weighted by Gasteiger charge is -2.01. The minimum absolute atomic E-state index is 0.185. The molecular formula is C27H19N5OS2. The molecule has 4 heterocycles. The van der Waals surface area contributed by atoms with Crippen LogP contribution in [0.3, 0.4) is 0 Å². The van der Waals surface area contributed by atoms with E-state index in [4.69, 9.17) is 5.10 Å². The highest BCUT2D eigenvalue weighted by atomic mass is 32.1. The Morgan fingerprint density at radius 3 is 2.49 bits per heavy atom. The monoisotopic (exact) mass is 493 g/mol. The van der Waals surface area contributed by atoms with Crippen LogP contribution in [-0.2, 0) is 0 Å². The van der Waals surface area contributed by atoms with Crippen molar-refractivity contribution in [2.75, 3.05) is 0 Å². The highest BCUT2D eigenvalue weighted by Gasteiger charge is 2.14. The molecule has 0 aliphatic rings. The van der Waals surface area contributed by atoms with Gasteiger partial charge in [0.1, 0.15) is 0 Å². The number of hydrogen-bond acceptors (Lipinski definition) is 6. The zero-order chi connectivity index (χ0) is 23.8. The number of aromatic nitrogens is 5. The molecule has 4 aromatic heterocycles. The number of para-hydroxylation sites is 1. The Bertz CT molecular complexity index is 1760. The van der Waals surface area contributed by atoms with E-state index in [1.54, 1.807) is 11.3 Å². The quantitative estimate of drug-likeness (QED) is 0.336.